The third-order valence-electron chi connectivity index (χ3n) is 5.89. The number of thiazole rings is 1. The number of ether oxygens (including phenoxy) is 2. The lowest BCUT2D eigenvalue weighted by Crippen LogP contribution is -2.29. The molecule has 2 aromatic carbocycles. The van der Waals surface area contributed by atoms with Crippen LogP contribution in [0.3, 0.4) is 0 Å². The largest absolute Gasteiger partial charge is 0.507 e. The van der Waals surface area contributed by atoms with E-state index in [1.165, 1.54) is 19.1 Å². The van der Waals surface area contributed by atoms with E-state index in [1.807, 2.05) is 19.1 Å². The van der Waals surface area contributed by atoms with Gasteiger partial charge in [0.15, 0.2) is 5.13 Å². The van der Waals surface area contributed by atoms with Gasteiger partial charge in [-0.3, -0.25) is 14.5 Å². The molecule has 1 fully saturated rings. The van der Waals surface area contributed by atoms with Crippen LogP contribution in [0.4, 0.5) is 5.13 Å². The van der Waals surface area contributed by atoms with Crippen molar-refractivity contribution in [2.45, 2.75) is 26.8 Å². The van der Waals surface area contributed by atoms with Crippen LogP contribution in [-0.2, 0) is 14.3 Å². The fourth-order valence-electron chi connectivity index (χ4n) is 4.04. The van der Waals surface area contributed by atoms with E-state index in [0.717, 1.165) is 16.9 Å². The monoisotopic (exact) mass is 492 g/mol. The van der Waals surface area contributed by atoms with Crippen LogP contribution in [0, 0.1) is 20.8 Å². The number of aliphatic hydroxyl groups is 1. The Bertz CT molecular complexity index is 1370. The van der Waals surface area contributed by atoms with E-state index in [1.54, 1.807) is 44.2 Å². The van der Waals surface area contributed by atoms with Gasteiger partial charge in [-0.05, 0) is 50.1 Å². The Morgan fingerprint density at radius 2 is 1.74 bits per heavy atom. The lowest BCUT2D eigenvalue weighted by Gasteiger charge is -2.23. The van der Waals surface area contributed by atoms with Crippen molar-refractivity contribution in [3.05, 3.63) is 80.9 Å². The summed E-state index contributed by atoms with van der Waals surface area (Å²) in [5, 5.41) is 11.5. The molecule has 8 nitrogen and oxygen atoms in total. The summed E-state index contributed by atoms with van der Waals surface area (Å²) in [7, 11) is 2.80. The summed E-state index contributed by atoms with van der Waals surface area (Å²) in [6, 6.07) is 11.4. The van der Waals surface area contributed by atoms with Gasteiger partial charge in [0.1, 0.15) is 16.4 Å². The first-order valence-electron chi connectivity index (χ1n) is 10.8. The molecule has 35 heavy (non-hydrogen) atoms. The molecular weight excluding hydrogens is 468 g/mol. The highest BCUT2D eigenvalue weighted by molar-refractivity contribution is 7.17. The van der Waals surface area contributed by atoms with Crippen molar-refractivity contribution in [1.82, 2.24) is 4.98 Å². The third-order valence-corrected chi connectivity index (χ3v) is 7.03. The first-order chi connectivity index (χ1) is 16.7. The summed E-state index contributed by atoms with van der Waals surface area (Å²) in [5.74, 6) is -1.95. The second-order valence-electron chi connectivity index (χ2n) is 8.16. The van der Waals surface area contributed by atoms with E-state index in [4.69, 9.17) is 9.47 Å². The van der Waals surface area contributed by atoms with E-state index in [-0.39, 0.29) is 21.3 Å². The van der Waals surface area contributed by atoms with Crippen LogP contribution in [0.15, 0.2) is 48.0 Å². The Kier molecular flexibility index (Phi) is 6.45. The normalized spacial score (nSPS) is 17.1. The van der Waals surface area contributed by atoms with Crippen LogP contribution in [0.25, 0.3) is 5.76 Å². The molecule has 4 rings (SSSR count). The predicted molar refractivity (Wildman–Crippen MR) is 132 cm³/mol. The Balaban J connectivity index is 1.94. The van der Waals surface area contributed by atoms with Crippen molar-refractivity contribution in [3.8, 4) is 5.75 Å². The fraction of sp³-hybridized carbons (Fsp3) is 0.231. The van der Waals surface area contributed by atoms with Gasteiger partial charge < -0.3 is 14.6 Å². The summed E-state index contributed by atoms with van der Waals surface area (Å²) < 4.78 is 10.1. The Labute approximate surface area is 206 Å². The first kappa shape index (κ1) is 24.2. The Hall–Kier alpha value is -3.98. The van der Waals surface area contributed by atoms with Crippen molar-refractivity contribution in [2.24, 2.45) is 0 Å². The lowest BCUT2D eigenvalue weighted by atomic mass is 9.93. The summed E-state index contributed by atoms with van der Waals surface area (Å²) in [4.78, 5) is 44.7. The third kappa shape index (κ3) is 4.19. The number of nitrogens with zero attached hydrogens (tertiary/aromatic N) is 2. The van der Waals surface area contributed by atoms with Crippen molar-refractivity contribution in [2.75, 3.05) is 19.1 Å². The summed E-state index contributed by atoms with van der Waals surface area (Å²) in [6.45, 7) is 5.33. The van der Waals surface area contributed by atoms with Crippen molar-refractivity contribution in [3.63, 3.8) is 0 Å². The Morgan fingerprint density at radius 1 is 1.06 bits per heavy atom. The second-order valence-corrected chi connectivity index (χ2v) is 9.14. The number of benzene rings is 2. The number of esters is 1. The number of anilines is 1. The van der Waals surface area contributed by atoms with Crippen molar-refractivity contribution >= 4 is 39.9 Å². The molecule has 1 amide bonds. The average Bonchev–Trinajstić information content (AvgIpc) is 3.35. The average molecular weight is 493 g/mol. The molecular formula is C26H24N2O6S. The van der Waals surface area contributed by atoms with Crippen LogP contribution >= 0.6 is 11.3 Å². The number of Topliss-reactive ketones (excluding diaryl/α,β-unsaturated/α-hetero) is 1. The van der Waals surface area contributed by atoms with Crippen LogP contribution in [0.5, 0.6) is 5.75 Å². The number of carbonyl (C=O) groups is 3. The summed E-state index contributed by atoms with van der Waals surface area (Å²) in [5.41, 5.74) is 3.03. The van der Waals surface area contributed by atoms with Gasteiger partial charge in [-0.2, -0.15) is 0 Å². The number of carbonyl (C=O) groups excluding carboxylic acids is 3. The first-order valence-corrected chi connectivity index (χ1v) is 11.6. The minimum Gasteiger partial charge on any atom is -0.507 e. The quantitative estimate of drug-likeness (QED) is 0.242. The van der Waals surface area contributed by atoms with Gasteiger partial charge in [-0.1, -0.05) is 41.2 Å². The molecule has 1 N–H and O–H groups in total. The van der Waals surface area contributed by atoms with Gasteiger partial charge in [0.05, 0.1) is 31.5 Å². The van der Waals surface area contributed by atoms with Gasteiger partial charge in [0, 0.05) is 5.56 Å². The zero-order valence-corrected chi connectivity index (χ0v) is 20.7. The highest BCUT2D eigenvalue weighted by atomic mass is 32.1. The molecule has 0 aliphatic carbocycles. The van der Waals surface area contributed by atoms with Gasteiger partial charge in [-0.15, -0.1) is 0 Å². The minimum absolute atomic E-state index is 0.0559. The molecule has 180 valence electrons. The zero-order valence-electron chi connectivity index (χ0n) is 19.9. The molecule has 2 heterocycles. The maximum absolute atomic E-state index is 13.3. The van der Waals surface area contributed by atoms with Gasteiger partial charge in [-0.25, -0.2) is 9.78 Å². The highest BCUT2D eigenvalue weighted by Crippen LogP contribution is 2.44. The van der Waals surface area contributed by atoms with Gasteiger partial charge >= 0.3 is 11.9 Å². The summed E-state index contributed by atoms with van der Waals surface area (Å²) >= 11 is 0.961. The molecule has 1 aliphatic rings. The number of hydrogen-bond donors (Lipinski definition) is 1. The molecule has 0 radical (unpaired) electrons. The van der Waals surface area contributed by atoms with Crippen molar-refractivity contribution < 1.29 is 29.0 Å². The standard InChI is InChI=1S/C26H24N2O6S/c1-13-6-8-16(9-7-13)20-19(21(29)18-11-10-17(33-4)12-14(18)2)22(30)24(31)28(20)26-27-15(3)23(35-26)25(32)34-5/h6-12,20,29H,1-5H3/t20-/m1/s1. The molecule has 0 bridgehead atoms. The number of methoxy groups -OCH3 is 2. The molecule has 0 unspecified atom stereocenters. The van der Waals surface area contributed by atoms with Crippen LogP contribution in [-0.4, -0.2) is 42.0 Å². The number of hydrogen-bond acceptors (Lipinski definition) is 8. The molecule has 9 heteroatoms. The van der Waals surface area contributed by atoms with Gasteiger partial charge in [0.2, 0.25) is 0 Å². The topological polar surface area (TPSA) is 106 Å². The van der Waals surface area contributed by atoms with Crippen LogP contribution < -0.4 is 9.64 Å². The minimum atomic E-state index is -0.937. The molecule has 1 atom stereocenters. The van der Waals surface area contributed by atoms with Crippen molar-refractivity contribution in [1.29, 1.82) is 0 Å². The Morgan fingerprint density at radius 3 is 2.34 bits per heavy atom. The number of aromatic nitrogens is 1. The number of rotatable bonds is 5. The lowest BCUT2D eigenvalue weighted by molar-refractivity contribution is -0.132. The second kappa shape index (κ2) is 9.34. The molecule has 1 aromatic heterocycles. The molecule has 1 aliphatic heterocycles. The van der Waals surface area contributed by atoms with Crippen LogP contribution in [0.2, 0.25) is 0 Å². The van der Waals surface area contributed by atoms with E-state index in [9.17, 15) is 19.5 Å². The molecule has 3 aromatic rings. The number of aryl methyl sites for hydroxylation is 3. The van der Waals surface area contributed by atoms with Gasteiger partial charge in [0.25, 0.3) is 5.78 Å². The summed E-state index contributed by atoms with van der Waals surface area (Å²) in [6.07, 6.45) is 0. The number of amides is 1. The predicted octanol–water partition coefficient (Wildman–Crippen LogP) is 4.49. The van der Waals surface area contributed by atoms with E-state index < -0.39 is 23.7 Å². The molecule has 0 saturated carbocycles. The zero-order chi connectivity index (χ0) is 25.4. The van der Waals surface area contributed by atoms with E-state index in [0.29, 0.717) is 28.1 Å². The number of ketones is 1. The maximum atomic E-state index is 13.3. The molecule has 0 spiro atoms. The fourth-order valence-corrected chi connectivity index (χ4v) is 5.05. The van der Waals surface area contributed by atoms with E-state index >= 15 is 0 Å². The molecule has 1 saturated heterocycles. The maximum Gasteiger partial charge on any atom is 0.350 e. The SMILES string of the molecule is COC(=O)c1sc(N2C(=O)C(=O)C(=C(O)c3ccc(OC)cc3C)[C@H]2c2ccc(C)cc2)nc1C. The van der Waals surface area contributed by atoms with E-state index in [2.05, 4.69) is 4.98 Å². The smallest absolute Gasteiger partial charge is 0.350 e. The highest BCUT2D eigenvalue weighted by Gasteiger charge is 2.48. The van der Waals surface area contributed by atoms with Crippen LogP contribution in [0.1, 0.15) is 43.7 Å². The number of aliphatic hydroxyl groups excluding tert-OH is 1.